The van der Waals surface area contributed by atoms with Gasteiger partial charge in [-0.1, -0.05) is 6.92 Å². The van der Waals surface area contributed by atoms with Crippen LogP contribution in [0, 0.1) is 6.92 Å². The molecule has 0 aliphatic carbocycles. The monoisotopic (exact) mass is 326 g/mol. The van der Waals surface area contributed by atoms with Crippen molar-refractivity contribution in [2.75, 3.05) is 18.6 Å². The SMILES string of the molecule is CCC1(C)NC(c2ccc(C)s2)N(CCCCSC)C1=O. The largest absolute Gasteiger partial charge is 0.320 e. The molecule has 1 N–H and O–H groups in total. The highest BCUT2D eigenvalue weighted by atomic mass is 32.2. The molecule has 2 unspecified atom stereocenters. The van der Waals surface area contributed by atoms with Crippen LogP contribution in [0.4, 0.5) is 0 Å². The van der Waals surface area contributed by atoms with Gasteiger partial charge in [-0.3, -0.25) is 10.1 Å². The van der Waals surface area contributed by atoms with Crippen LogP contribution in [0.2, 0.25) is 0 Å². The zero-order valence-electron chi connectivity index (χ0n) is 13.4. The van der Waals surface area contributed by atoms with E-state index in [1.165, 1.54) is 21.9 Å². The van der Waals surface area contributed by atoms with E-state index < -0.39 is 5.54 Å². The van der Waals surface area contributed by atoms with Gasteiger partial charge in [0.15, 0.2) is 0 Å². The molecule has 1 saturated heterocycles. The first-order valence-corrected chi connectivity index (χ1v) is 9.87. The van der Waals surface area contributed by atoms with Crippen molar-refractivity contribution in [1.29, 1.82) is 0 Å². The van der Waals surface area contributed by atoms with E-state index in [2.05, 4.69) is 42.5 Å². The Hall–Kier alpha value is -0.520. The first-order chi connectivity index (χ1) is 10.0. The minimum atomic E-state index is -0.415. The predicted molar refractivity (Wildman–Crippen MR) is 93.0 cm³/mol. The average Bonchev–Trinajstić information content (AvgIpc) is 3.00. The zero-order chi connectivity index (χ0) is 15.5. The lowest BCUT2D eigenvalue weighted by Crippen LogP contribution is -2.43. The Bertz CT molecular complexity index is 488. The number of nitrogens with one attached hydrogen (secondary N) is 1. The molecule has 3 nitrogen and oxygen atoms in total. The van der Waals surface area contributed by atoms with E-state index in [0.717, 1.165) is 19.4 Å². The fourth-order valence-electron chi connectivity index (χ4n) is 2.71. The van der Waals surface area contributed by atoms with Crippen LogP contribution in [0.1, 0.15) is 49.0 Å². The summed E-state index contributed by atoms with van der Waals surface area (Å²) in [5, 5.41) is 3.57. The Morgan fingerprint density at radius 3 is 2.76 bits per heavy atom. The maximum atomic E-state index is 12.8. The summed E-state index contributed by atoms with van der Waals surface area (Å²) in [6, 6.07) is 4.29. The number of unbranched alkanes of at least 4 members (excludes halogenated alkanes) is 1. The molecule has 1 aliphatic rings. The van der Waals surface area contributed by atoms with E-state index in [4.69, 9.17) is 0 Å². The van der Waals surface area contributed by atoms with Crippen molar-refractivity contribution in [2.45, 2.75) is 51.7 Å². The summed E-state index contributed by atoms with van der Waals surface area (Å²) in [4.78, 5) is 17.4. The predicted octanol–water partition coefficient (Wildman–Crippen LogP) is 3.80. The summed E-state index contributed by atoms with van der Waals surface area (Å²) in [6.07, 6.45) is 5.26. The van der Waals surface area contributed by atoms with E-state index >= 15 is 0 Å². The maximum absolute atomic E-state index is 12.8. The number of thiophene rings is 1. The number of nitrogens with zero attached hydrogens (tertiary/aromatic N) is 1. The molecule has 118 valence electrons. The maximum Gasteiger partial charge on any atom is 0.244 e. The Morgan fingerprint density at radius 1 is 1.43 bits per heavy atom. The minimum absolute atomic E-state index is 0.0513. The fourth-order valence-corrected chi connectivity index (χ4v) is 4.15. The molecular weight excluding hydrogens is 300 g/mol. The third kappa shape index (κ3) is 3.63. The van der Waals surface area contributed by atoms with Gasteiger partial charge in [0.25, 0.3) is 0 Å². The molecule has 5 heteroatoms. The van der Waals surface area contributed by atoms with Gasteiger partial charge in [-0.25, -0.2) is 0 Å². The molecule has 1 fully saturated rings. The molecule has 0 aromatic carbocycles. The van der Waals surface area contributed by atoms with Crippen LogP contribution in [-0.4, -0.2) is 34.9 Å². The third-order valence-electron chi connectivity index (χ3n) is 4.24. The summed E-state index contributed by atoms with van der Waals surface area (Å²) in [6.45, 7) is 7.08. The van der Waals surface area contributed by atoms with Crippen LogP contribution in [0.25, 0.3) is 0 Å². The molecule has 2 rings (SSSR count). The van der Waals surface area contributed by atoms with Crippen molar-refractivity contribution in [3.63, 3.8) is 0 Å². The topological polar surface area (TPSA) is 32.3 Å². The summed E-state index contributed by atoms with van der Waals surface area (Å²) < 4.78 is 0. The van der Waals surface area contributed by atoms with Crippen molar-refractivity contribution in [2.24, 2.45) is 0 Å². The highest BCUT2D eigenvalue weighted by Crippen LogP contribution is 2.35. The second-order valence-corrected chi connectivity index (χ2v) is 8.18. The van der Waals surface area contributed by atoms with Crippen molar-refractivity contribution in [1.82, 2.24) is 10.2 Å². The molecule has 0 saturated carbocycles. The van der Waals surface area contributed by atoms with E-state index in [1.54, 1.807) is 11.3 Å². The van der Waals surface area contributed by atoms with E-state index in [0.29, 0.717) is 0 Å². The standard InChI is InChI=1S/C16H26N2OS2/c1-5-16(3)15(19)18(10-6-7-11-20-4)14(17-16)13-9-8-12(2)21-13/h8-9,14,17H,5-7,10-11H2,1-4H3. The van der Waals surface area contributed by atoms with Gasteiger partial charge >= 0.3 is 0 Å². The van der Waals surface area contributed by atoms with Gasteiger partial charge in [0.05, 0.1) is 5.54 Å². The second-order valence-electron chi connectivity index (χ2n) is 5.88. The molecule has 1 aromatic rings. The Labute approximate surface area is 136 Å². The lowest BCUT2D eigenvalue weighted by atomic mass is 9.99. The molecule has 1 aromatic heterocycles. The zero-order valence-corrected chi connectivity index (χ0v) is 15.1. The average molecular weight is 327 g/mol. The van der Waals surface area contributed by atoms with Crippen molar-refractivity contribution in [3.8, 4) is 0 Å². The Balaban J connectivity index is 2.13. The molecular formula is C16H26N2OS2. The quantitative estimate of drug-likeness (QED) is 0.774. The van der Waals surface area contributed by atoms with Gasteiger partial charge in [0, 0.05) is 16.3 Å². The Kier molecular flexibility index (Phi) is 5.74. The molecule has 0 bridgehead atoms. The van der Waals surface area contributed by atoms with Gasteiger partial charge in [0.2, 0.25) is 5.91 Å². The fraction of sp³-hybridized carbons (Fsp3) is 0.688. The summed E-state index contributed by atoms with van der Waals surface area (Å²) >= 11 is 3.66. The second kappa shape index (κ2) is 7.16. The molecule has 0 radical (unpaired) electrons. The molecule has 2 heterocycles. The van der Waals surface area contributed by atoms with Crippen LogP contribution >= 0.6 is 23.1 Å². The summed E-state index contributed by atoms with van der Waals surface area (Å²) in [7, 11) is 0. The van der Waals surface area contributed by atoms with Crippen LogP contribution in [-0.2, 0) is 4.79 Å². The number of hydrogen-bond acceptors (Lipinski definition) is 4. The molecule has 2 atom stereocenters. The number of hydrogen-bond donors (Lipinski definition) is 1. The van der Waals surface area contributed by atoms with E-state index in [1.807, 2.05) is 18.7 Å². The smallest absolute Gasteiger partial charge is 0.244 e. The van der Waals surface area contributed by atoms with Gasteiger partial charge in [-0.2, -0.15) is 11.8 Å². The third-order valence-corrected chi connectivity index (χ3v) is 5.99. The van der Waals surface area contributed by atoms with Crippen molar-refractivity contribution < 1.29 is 4.79 Å². The number of thioether (sulfide) groups is 1. The number of carbonyl (C=O) groups is 1. The van der Waals surface area contributed by atoms with Crippen LogP contribution < -0.4 is 5.32 Å². The molecule has 0 spiro atoms. The highest BCUT2D eigenvalue weighted by molar-refractivity contribution is 7.98. The first kappa shape index (κ1) is 16.8. The number of amides is 1. The van der Waals surface area contributed by atoms with Gasteiger partial charge in [-0.15, -0.1) is 11.3 Å². The molecule has 1 amide bonds. The van der Waals surface area contributed by atoms with Crippen LogP contribution in [0.3, 0.4) is 0 Å². The van der Waals surface area contributed by atoms with Gasteiger partial charge in [0.1, 0.15) is 6.17 Å². The minimum Gasteiger partial charge on any atom is -0.320 e. The summed E-state index contributed by atoms with van der Waals surface area (Å²) in [5.74, 6) is 1.42. The van der Waals surface area contributed by atoms with Crippen LogP contribution in [0.15, 0.2) is 12.1 Å². The normalized spacial score (nSPS) is 25.8. The Morgan fingerprint density at radius 2 is 2.19 bits per heavy atom. The number of aryl methyl sites for hydroxylation is 1. The van der Waals surface area contributed by atoms with Gasteiger partial charge < -0.3 is 4.90 Å². The lowest BCUT2D eigenvalue weighted by molar-refractivity contribution is -0.133. The summed E-state index contributed by atoms with van der Waals surface area (Å²) in [5.41, 5.74) is -0.415. The van der Waals surface area contributed by atoms with Crippen molar-refractivity contribution in [3.05, 3.63) is 21.9 Å². The van der Waals surface area contributed by atoms with Crippen LogP contribution in [0.5, 0.6) is 0 Å². The van der Waals surface area contributed by atoms with Gasteiger partial charge in [-0.05, 0) is 57.3 Å². The van der Waals surface area contributed by atoms with E-state index in [9.17, 15) is 4.79 Å². The number of rotatable bonds is 7. The van der Waals surface area contributed by atoms with Crippen molar-refractivity contribution >= 4 is 29.0 Å². The first-order valence-electron chi connectivity index (χ1n) is 7.66. The number of carbonyl (C=O) groups excluding carboxylic acids is 1. The molecule has 1 aliphatic heterocycles. The molecule has 21 heavy (non-hydrogen) atoms. The van der Waals surface area contributed by atoms with E-state index in [-0.39, 0.29) is 12.1 Å². The lowest BCUT2D eigenvalue weighted by Gasteiger charge is -2.23. The highest BCUT2D eigenvalue weighted by Gasteiger charge is 2.47.